The second-order valence-corrected chi connectivity index (χ2v) is 13.0. The van der Waals surface area contributed by atoms with Crippen molar-refractivity contribution in [2.24, 2.45) is 5.92 Å². The first-order chi connectivity index (χ1) is 18.8. The van der Waals surface area contributed by atoms with Crippen molar-refractivity contribution >= 4 is 62.3 Å². The highest BCUT2D eigenvalue weighted by molar-refractivity contribution is 7.92. The molecule has 0 heterocycles. The second-order valence-electron chi connectivity index (χ2n) is 9.87. The monoisotopic (exact) mass is 623 g/mol. The largest absolute Gasteiger partial charge is 0.354 e. The molecule has 0 aliphatic carbocycles. The number of anilines is 1. The zero-order valence-electron chi connectivity index (χ0n) is 22.7. The first kappa shape index (κ1) is 31.7. The van der Waals surface area contributed by atoms with Gasteiger partial charge in [-0.15, -0.1) is 0 Å². The summed E-state index contributed by atoms with van der Waals surface area (Å²) in [7, 11) is -4.18. The van der Waals surface area contributed by atoms with Gasteiger partial charge in [-0.05, 0) is 73.9 Å². The Hall–Kier alpha value is -2.78. The highest BCUT2D eigenvalue weighted by Crippen LogP contribution is 2.27. The first-order valence-electron chi connectivity index (χ1n) is 12.7. The zero-order valence-corrected chi connectivity index (χ0v) is 25.8. The summed E-state index contributed by atoms with van der Waals surface area (Å²) in [4.78, 5) is 28.3. The molecule has 0 saturated heterocycles. The fourth-order valence-corrected chi connectivity index (χ4v) is 5.85. The smallest absolute Gasteiger partial charge is 0.264 e. The maximum atomic E-state index is 13.9. The van der Waals surface area contributed by atoms with Crippen LogP contribution in [0.1, 0.15) is 31.9 Å². The average Bonchev–Trinajstić information content (AvgIpc) is 2.90. The van der Waals surface area contributed by atoms with Crippen molar-refractivity contribution in [1.82, 2.24) is 10.2 Å². The minimum absolute atomic E-state index is 0.0275. The van der Waals surface area contributed by atoms with Gasteiger partial charge in [-0.3, -0.25) is 13.9 Å². The highest BCUT2D eigenvalue weighted by Gasteiger charge is 2.32. The molecule has 0 bridgehead atoms. The van der Waals surface area contributed by atoms with Crippen LogP contribution in [0.4, 0.5) is 5.69 Å². The number of carbonyl (C=O) groups excluding carboxylic acids is 2. The molecule has 0 aliphatic heterocycles. The SMILES string of the molecule is Cc1ccc(N(CC(=O)N(Cc2ccc(Cl)cc2Cl)[C@@H](C)C(=O)NCC(C)C)S(=O)(=O)c2ccc(Cl)cc2)cc1. The Balaban J connectivity index is 2.03. The van der Waals surface area contributed by atoms with Gasteiger partial charge in [-0.25, -0.2) is 8.42 Å². The number of amides is 2. The number of sulfonamides is 1. The van der Waals surface area contributed by atoms with Crippen molar-refractivity contribution in [3.8, 4) is 0 Å². The topological polar surface area (TPSA) is 86.8 Å². The van der Waals surface area contributed by atoms with Gasteiger partial charge >= 0.3 is 0 Å². The summed E-state index contributed by atoms with van der Waals surface area (Å²) >= 11 is 18.4. The van der Waals surface area contributed by atoms with Crippen molar-refractivity contribution < 1.29 is 18.0 Å². The molecule has 0 aromatic heterocycles. The van der Waals surface area contributed by atoms with Gasteiger partial charge in [0.05, 0.1) is 10.6 Å². The van der Waals surface area contributed by atoms with Gasteiger partial charge in [0.25, 0.3) is 10.0 Å². The molecule has 0 fully saturated rings. The molecule has 1 N–H and O–H groups in total. The second kappa shape index (κ2) is 13.7. The van der Waals surface area contributed by atoms with Gasteiger partial charge in [0, 0.05) is 28.2 Å². The molecule has 3 aromatic carbocycles. The van der Waals surface area contributed by atoms with Crippen molar-refractivity contribution in [2.45, 2.75) is 45.2 Å². The van der Waals surface area contributed by atoms with E-state index in [4.69, 9.17) is 34.8 Å². The fraction of sp³-hybridized carbons (Fsp3) is 0.310. The Morgan fingerprint density at radius 1 is 0.875 bits per heavy atom. The summed E-state index contributed by atoms with van der Waals surface area (Å²) in [5.74, 6) is -0.751. The van der Waals surface area contributed by atoms with Crippen LogP contribution in [0.5, 0.6) is 0 Å². The Bertz CT molecular complexity index is 1450. The van der Waals surface area contributed by atoms with Crippen molar-refractivity contribution in [3.05, 3.63) is 92.9 Å². The molecule has 7 nitrogen and oxygen atoms in total. The third-order valence-electron chi connectivity index (χ3n) is 6.21. The zero-order chi connectivity index (χ0) is 29.6. The molecule has 3 rings (SSSR count). The number of nitrogens with zero attached hydrogens (tertiary/aromatic N) is 2. The molecule has 0 saturated carbocycles. The molecule has 1 atom stereocenters. The lowest BCUT2D eigenvalue weighted by Crippen LogP contribution is -2.51. The number of aryl methyl sites for hydroxylation is 1. The Kier molecular flexibility index (Phi) is 10.9. The lowest BCUT2D eigenvalue weighted by molar-refractivity contribution is -0.139. The number of halogens is 3. The quantitative estimate of drug-likeness (QED) is 0.270. The number of rotatable bonds is 11. The Morgan fingerprint density at radius 2 is 1.48 bits per heavy atom. The molecule has 3 aromatic rings. The minimum atomic E-state index is -4.18. The van der Waals surface area contributed by atoms with Crippen LogP contribution < -0.4 is 9.62 Å². The van der Waals surface area contributed by atoms with E-state index >= 15 is 0 Å². The van der Waals surface area contributed by atoms with Crippen LogP contribution in [0.15, 0.2) is 71.6 Å². The van der Waals surface area contributed by atoms with E-state index in [0.29, 0.717) is 32.9 Å². The van der Waals surface area contributed by atoms with Crippen LogP contribution in [0, 0.1) is 12.8 Å². The van der Waals surface area contributed by atoms with E-state index in [9.17, 15) is 18.0 Å². The fourth-order valence-electron chi connectivity index (χ4n) is 3.84. The maximum absolute atomic E-state index is 13.9. The molecular weight excluding hydrogens is 593 g/mol. The van der Waals surface area contributed by atoms with Crippen molar-refractivity contribution in [2.75, 3.05) is 17.4 Å². The average molecular weight is 625 g/mol. The summed E-state index contributed by atoms with van der Waals surface area (Å²) in [6.45, 7) is 7.23. The van der Waals surface area contributed by atoms with Crippen molar-refractivity contribution in [3.63, 3.8) is 0 Å². The number of benzene rings is 3. The van der Waals surface area contributed by atoms with E-state index in [2.05, 4.69) is 5.32 Å². The normalized spacial score (nSPS) is 12.2. The first-order valence-corrected chi connectivity index (χ1v) is 15.2. The third kappa shape index (κ3) is 8.13. The molecule has 0 spiro atoms. The van der Waals surface area contributed by atoms with Gasteiger partial charge < -0.3 is 10.2 Å². The Labute approximate surface area is 251 Å². The van der Waals surface area contributed by atoms with E-state index in [-0.39, 0.29) is 23.3 Å². The number of nitrogens with one attached hydrogen (secondary N) is 1. The minimum Gasteiger partial charge on any atom is -0.354 e. The molecule has 0 radical (unpaired) electrons. The number of hydrogen-bond donors (Lipinski definition) is 1. The summed E-state index contributed by atoms with van der Waals surface area (Å²) in [6.07, 6.45) is 0. The molecule has 11 heteroatoms. The van der Waals surface area contributed by atoms with Crippen LogP contribution in [0.2, 0.25) is 15.1 Å². The summed E-state index contributed by atoms with van der Waals surface area (Å²) in [5.41, 5.74) is 1.79. The molecule has 0 unspecified atom stereocenters. The predicted octanol–water partition coefficient (Wildman–Crippen LogP) is 6.34. The number of hydrogen-bond acceptors (Lipinski definition) is 4. The van der Waals surface area contributed by atoms with E-state index in [1.165, 1.54) is 29.2 Å². The van der Waals surface area contributed by atoms with Crippen LogP contribution >= 0.6 is 34.8 Å². The molecule has 0 aliphatic rings. The van der Waals surface area contributed by atoms with Gasteiger partial charge in [0.2, 0.25) is 11.8 Å². The van der Waals surface area contributed by atoms with E-state index in [1.807, 2.05) is 20.8 Å². The van der Waals surface area contributed by atoms with E-state index < -0.39 is 28.5 Å². The number of carbonyl (C=O) groups is 2. The van der Waals surface area contributed by atoms with Crippen LogP contribution in [0.25, 0.3) is 0 Å². The Morgan fingerprint density at radius 3 is 2.05 bits per heavy atom. The lowest BCUT2D eigenvalue weighted by Gasteiger charge is -2.32. The van der Waals surface area contributed by atoms with Gasteiger partial charge in [0.1, 0.15) is 12.6 Å². The standard InChI is InChI=1S/C29H32Cl3N3O4S/c1-19(2)16-33-29(37)21(4)34(17-22-7-8-24(31)15-27(22)32)28(36)18-35(25-11-5-20(3)6-12-25)40(38,39)26-13-9-23(30)10-14-26/h5-15,19,21H,16-18H2,1-4H3,(H,33,37)/t21-/m0/s1. The van der Waals surface area contributed by atoms with Crippen molar-refractivity contribution in [1.29, 1.82) is 0 Å². The highest BCUT2D eigenvalue weighted by atomic mass is 35.5. The van der Waals surface area contributed by atoms with E-state index in [0.717, 1.165) is 9.87 Å². The van der Waals surface area contributed by atoms with Crippen LogP contribution in [-0.4, -0.2) is 44.3 Å². The summed E-state index contributed by atoms with van der Waals surface area (Å²) < 4.78 is 28.7. The van der Waals surface area contributed by atoms with Crippen LogP contribution in [0.3, 0.4) is 0 Å². The van der Waals surface area contributed by atoms with E-state index in [1.54, 1.807) is 49.4 Å². The maximum Gasteiger partial charge on any atom is 0.264 e. The van der Waals surface area contributed by atoms with Gasteiger partial charge in [0.15, 0.2) is 0 Å². The predicted molar refractivity (Wildman–Crippen MR) is 161 cm³/mol. The van der Waals surface area contributed by atoms with Gasteiger partial charge in [-0.2, -0.15) is 0 Å². The lowest BCUT2D eigenvalue weighted by atomic mass is 10.1. The summed E-state index contributed by atoms with van der Waals surface area (Å²) in [6, 6.07) is 16.4. The van der Waals surface area contributed by atoms with Gasteiger partial charge in [-0.1, -0.05) is 72.4 Å². The third-order valence-corrected chi connectivity index (χ3v) is 8.84. The molecular formula is C29H32Cl3N3O4S. The molecule has 214 valence electrons. The van der Waals surface area contributed by atoms with Crippen LogP contribution in [-0.2, 0) is 26.2 Å². The molecule has 40 heavy (non-hydrogen) atoms. The molecule has 2 amide bonds. The summed E-state index contributed by atoms with van der Waals surface area (Å²) in [5, 5.41) is 3.98.